The molecule has 0 saturated heterocycles. The van der Waals surface area contributed by atoms with Gasteiger partial charge in [0.05, 0.1) is 12.0 Å². The number of phenols is 1. The smallest absolute Gasteiger partial charge is 0.307 e. The lowest BCUT2D eigenvalue weighted by atomic mass is 9.99. The Labute approximate surface area is 87.4 Å². The van der Waals surface area contributed by atoms with Crippen LogP contribution in [0.25, 0.3) is 0 Å². The van der Waals surface area contributed by atoms with Gasteiger partial charge in [-0.3, -0.25) is 4.79 Å². The zero-order valence-electron chi connectivity index (χ0n) is 8.32. The Kier molecular flexibility index (Phi) is 3.29. The van der Waals surface area contributed by atoms with Gasteiger partial charge in [-0.05, 0) is 17.5 Å². The zero-order chi connectivity index (χ0) is 11.4. The summed E-state index contributed by atoms with van der Waals surface area (Å²) in [6.45, 7) is 1.85. The number of benzene rings is 1. The van der Waals surface area contributed by atoms with Crippen molar-refractivity contribution in [3.05, 3.63) is 28.8 Å². The number of carboxylic acids is 1. The molecule has 0 bridgehead atoms. The second-order valence-electron chi connectivity index (χ2n) is 3.14. The van der Waals surface area contributed by atoms with Gasteiger partial charge in [0, 0.05) is 0 Å². The van der Waals surface area contributed by atoms with Crippen LogP contribution in [-0.4, -0.2) is 16.2 Å². The number of nitrogens with zero attached hydrogens (tertiary/aromatic N) is 1. The second-order valence-corrected chi connectivity index (χ2v) is 3.14. The molecule has 1 rings (SSSR count). The van der Waals surface area contributed by atoms with Crippen molar-refractivity contribution in [2.45, 2.75) is 19.8 Å². The number of aliphatic carboxylic acids is 1. The standard InChI is InChI=1S/C11H11NO3/c1-2-7-3-4-8(5-10(13)14)9(6-12)11(7)15/h3-4,15H,2,5H2,1H3,(H,13,14). The quantitative estimate of drug-likeness (QED) is 0.782. The summed E-state index contributed by atoms with van der Waals surface area (Å²) in [7, 11) is 0. The van der Waals surface area contributed by atoms with Crippen LogP contribution in [0.15, 0.2) is 12.1 Å². The molecule has 0 unspecified atom stereocenters. The van der Waals surface area contributed by atoms with Crippen LogP contribution < -0.4 is 0 Å². The van der Waals surface area contributed by atoms with Gasteiger partial charge < -0.3 is 10.2 Å². The molecule has 0 fully saturated rings. The lowest BCUT2D eigenvalue weighted by molar-refractivity contribution is -0.136. The van der Waals surface area contributed by atoms with Gasteiger partial charge in [-0.2, -0.15) is 5.26 Å². The molecule has 0 radical (unpaired) electrons. The van der Waals surface area contributed by atoms with Crippen LogP contribution in [0.5, 0.6) is 5.75 Å². The molecule has 0 aliphatic heterocycles. The molecule has 2 N–H and O–H groups in total. The minimum Gasteiger partial charge on any atom is -0.506 e. The summed E-state index contributed by atoms with van der Waals surface area (Å²) in [5.41, 5.74) is 1.07. The van der Waals surface area contributed by atoms with Gasteiger partial charge in [-0.1, -0.05) is 19.1 Å². The third-order valence-corrected chi connectivity index (χ3v) is 2.18. The van der Waals surface area contributed by atoms with E-state index in [4.69, 9.17) is 10.4 Å². The molecule has 1 aromatic rings. The summed E-state index contributed by atoms with van der Waals surface area (Å²) >= 11 is 0. The predicted molar refractivity (Wildman–Crippen MR) is 53.5 cm³/mol. The molecule has 0 amide bonds. The molecule has 15 heavy (non-hydrogen) atoms. The molecule has 4 nitrogen and oxygen atoms in total. The van der Waals surface area contributed by atoms with Crippen LogP contribution in [0.4, 0.5) is 0 Å². The van der Waals surface area contributed by atoms with E-state index in [1.54, 1.807) is 12.1 Å². The highest BCUT2D eigenvalue weighted by Gasteiger charge is 2.13. The Morgan fingerprint density at radius 3 is 2.53 bits per heavy atom. The first-order valence-corrected chi connectivity index (χ1v) is 4.55. The highest BCUT2D eigenvalue weighted by molar-refractivity contribution is 5.72. The van der Waals surface area contributed by atoms with Crippen LogP contribution in [0, 0.1) is 11.3 Å². The Bertz CT molecular complexity index is 432. The Morgan fingerprint density at radius 2 is 2.07 bits per heavy atom. The molecular weight excluding hydrogens is 194 g/mol. The number of carbonyl (C=O) groups is 1. The molecular formula is C11H11NO3. The Balaban J connectivity index is 3.26. The van der Waals surface area contributed by atoms with Crippen LogP contribution >= 0.6 is 0 Å². The van der Waals surface area contributed by atoms with Gasteiger partial charge in [-0.25, -0.2) is 0 Å². The largest absolute Gasteiger partial charge is 0.506 e. The maximum absolute atomic E-state index is 10.5. The number of phenolic OH excluding ortho intramolecular Hbond substituents is 1. The maximum Gasteiger partial charge on any atom is 0.307 e. The van der Waals surface area contributed by atoms with E-state index in [0.717, 1.165) is 0 Å². The fraction of sp³-hybridized carbons (Fsp3) is 0.273. The first kappa shape index (κ1) is 11.1. The van der Waals surface area contributed by atoms with E-state index in [1.807, 2.05) is 13.0 Å². The molecule has 0 saturated carbocycles. The minimum absolute atomic E-state index is 0.0664. The second kappa shape index (κ2) is 4.47. The highest BCUT2D eigenvalue weighted by Crippen LogP contribution is 2.26. The lowest BCUT2D eigenvalue weighted by Gasteiger charge is -2.07. The van der Waals surface area contributed by atoms with Gasteiger partial charge >= 0.3 is 5.97 Å². The zero-order valence-corrected chi connectivity index (χ0v) is 8.32. The van der Waals surface area contributed by atoms with Gasteiger partial charge in [0.1, 0.15) is 11.8 Å². The monoisotopic (exact) mass is 205 g/mol. The summed E-state index contributed by atoms with van der Waals surface area (Å²) in [4.78, 5) is 10.5. The summed E-state index contributed by atoms with van der Waals surface area (Å²) in [6, 6.07) is 5.05. The van der Waals surface area contributed by atoms with Gasteiger partial charge in [0.15, 0.2) is 0 Å². The van der Waals surface area contributed by atoms with E-state index < -0.39 is 5.97 Å². The first-order valence-electron chi connectivity index (χ1n) is 4.55. The van der Waals surface area contributed by atoms with Crippen molar-refractivity contribution >= 4 is 5.97 Å². The van der Waals surface area contributed by atoms with Crippen molar-refractivity contribution in [1.29, 1.82) is 5.26 Å². The maximum atomic E-state index is 10.5. The van der Waals surface area contributed by atoms with Crippen molar-refractivity contribution in [3.8, 4) is 11.8 Å². The number of rotatable bonds is 3. The van der Waals surface area contributed by atoms with Crippen LogP contribution in [0.2, 0.25) is 0 Å². The number of nitriles is 1. The molecule has 1 aromatic carbocycles. The van der Waals surface area contributed by atoms with Gasteiger partial charge in [0.25, 0.3) is 0 Å². The molecule has 0 spiro atoms. The predicted octanol–water partition coefficient (Wildman–Crippen LogP) is 1.45. The average molecular weight is 205 g/mol. The topological polar surface area (TPSA) is 81.3 Å². The van der Waals surface area contributed by atoms with Crippen LogP contribution in [0.1, 0.15) is 23.6 Å². The van der Waals surface area contributed by atoms with E-state index >= 15 is 0 Å². The Hall–Kier alpha value is -2.02. The first-order chi connectivity index (χ1) is 7.10. The molecule has 0 aliphatic rings. The summed E-state index contributed by atoms with van der Waals surface area (Å²) in [6.07, 6.45) is 0.355. The van der Waals surface area contributed by atoms with Crippen molar-refractivity contribution < 1.29 is 15.0 Å². The summed E-state index contributed by atoms with van der Waals surface area (Å²) in [5, 5.41) is 27.1. The highest BCUT2D eigenvalue weighted by atomic mass is 16.4. The number of hydrogen-bond acceptors (Lipinski definition) is 3. The molecule has 0 aromatic heterocycles. The number of hydrogen-bond donors (Lipinski definition) is 2. The fourth-order valence-electron chi connectivity index (χ4n) is 1.40. The van der Waals surface area contributed by atoms with E-state index in [0.29, 0.717) is 17.5 Å². The number of aromatic hydroxyl groups is 1. The molecule has 0 atom stereocenters. The number of aryl methyl sites for hydroxylation is 1. The normalized spacial score (nSPS) is 9.60. The minimum atomic E-state index is -1.02. The van der Waals surface area contributed by atoms with Crippen LogP contribution in [0.3, 0.4) is 0 Å². The van der Waals surface area contributed by atoms with E-state index in [2.05, 4.69) is 0 Å². The van der Waals surface area contributed by atoms with E-state index in [1.165, 1.54) is 0 Å². The molecule has 4 heteroatoms. The summed E-state index contributed by atoms with van der Waals surface area (Å²) < 4.78 is 0. The van der Waals surface area contributed by atoms with Gasteiger partial charge in [-0.15, -0.1) is 0 Å². The fourth-order valence-corrected chi connectivity index (χ4v) is 1.40. The molecule has 0 heterocycles. The van der Waals surface area contributed by atoms with Gasteiger partial charge in [0.2, 0.25) is 0 Å². The average Bonchev–Trinajstić information content (AvgIpc) is 2.18. The van der Waals surface area contributed by atoms with Crippen molar-refractivity contribution in [3.63, 3.8) is 0 Å². The van der Waals surface area contributed by atoms with Crippen molar-refractivity contribution in [1.82, 2.24) is 0 Å². The summed E-state index contributed by atoms with van der Waals surface area (Å²) in [5.74, 6) is -1.12. The lowest BCUT2D eigenvalue weighted by Crippen LogP contribution is -2.03. The third kappa shape index (κ3) is 2.26. The van der Waals surface area contributed by atoms with Crippen molar-refractivity contribution in [2.75, 3.05) is 0 Å². The molecule has 0 aliphatic carbocycles. The third-order valence-electron chi connectivity index (χ3n) is 2.18. The van der Waals surface area contributed by atoms with Crippen molar-refractivity contribution in [2.24, 2.45) is 0 Å². The SMILES string of the molecule is CCc1ccc(CC(=O)O)c(C#N)c1O. The van der Waals surface area contributed by atoms with Crippen LogP contribution in [-0.2, 0) is 17.6 Å². The number of carboxylic acid groups (broad SMARTS) is 1. The van der Waals surface area contributed by atoms with E-state index in [-0.39, 0.29) is 17.7 Å². The Morgan fingerprint density at radius 1 is 1.47 bits per heavy atom. The molecule has 78 valence electrons. The van der Waals surface area contributed by atoms with E-state index in [9.17, 15) is 9.90 Å².